The van der Waals surface area contributed by atoms with Crippen LogP contribution in [0.2, 0.25) is 0 Å². The maximum absolute atomic E-state index is 13.9. The van der Waals surface area contributed by atoms with Gasteiger partial charge in [-0.2, -0.15) is 5.10 Å². The van der Waals surface area contributed by atoms with Crippen LogP contribution in [0.3, 0.4) is 0 Å². The molecule has 0 spiro atoms. The fourth-order valence-corrected chi connectivity index (χ4v) is 4.07. The smallest absolute Gasteiger partial charge is 0.238 e. The number of anilines is 1. The minimum atomic E-state index is -3.80. The summed E-state index contributed by atoms with van der Waals surface area (Å²) < 4.78 is 42.5. The van der Waals surface area contributed by atoms with Crippen molar-refractivity contribution in [3.8, 4) is 5.75 Å². The van der Waals surface area contributed by atoms with Crippen LogP contribution in [-0.2, 0) is 10.0 Å². The van der Waals surface area contributed by atoms with Crippen LogP contribution in [0.25, 0.3) is 0 Å². The summed E-state index contributed by atoms with van der Waals surface area (Å²) in [6.45, 7) is 0. The van der Waals surface area contributed by atoms with Crippen molar-refractivity contribution in [2.24, 2.45) is 10.2 Å². The van der Waals surface area contributed by atoms with Gasteiger partial charge in [0.1, 0.15) is 11.6 Å². The number of hydrogen-bond donors (Lipinski definition) is 1. The average Bonchev–Trinajstić information content (AvgIpc) is 3.18. The lowest BCUT2D eigenvalue weighted by atomic mass is 9.97. The highest BCUT2D eigenvalue weighted by Crippen LogP contribution is 2.38. The zero-order valence-corrected chi connectivity index (χ0v) is 17.0. The average molecular weight is 425 g/mol. The highest BCUT2D eigenvalue weighted by molar-refractivity contribution is 7.89. The number of sulfonamides is 1. The molecule has 1 unspecified atom stereocenters. The Morgan fingerprint density at radius 2 is 1.80 bits per heavy atom. The molecular weight excluding hydrogens is 405 g/mol. The molecule has 0 amide bonds. The van der Waals surface area contributed by atoms with E-state index in [1.165, 1.54) is 24.3 Å². The van der Waals surface area contributed by atoms with Gasteiger partial charge in [-0.1, -0.05) is 24.3 Å². The zero-order chi connectivity index (χ0) is 21.3. The summed E-state index contributed by atoms with van der Waals surface area (Å²) >= 11 is 0. The van der Waals surface area contributed by atoms with Crippen molar-refractivity contribution < 1.29 is 17.5 Å². The van der Waals surface area contributed by atoms with Crippen molar-refractivity contribution in [2.45, 2.75) is 17.4 Å². The fraction of sp³-hybridized carbons (Fsp3) is 0.136. The quantitative estimate of drug-likeness (QED) is 0.673. The van der Waals surface area contributed by atoms with Crippen LogP contribution in [-0.4, -0.2) is 21.2 Å². The van der Waals surface area contributed by atoms with E-state index in [1.54, 1.807) is 30.3 Å². The predicted octanol–water partition coefficient (Wildman–Crippen LogP) is 3.84. The molecule has 2 N–H and O–H groups in total. The number of ether oxygens (including phenoxy) is 1. The van der Waals surface area contributed by atoms with Crippen molar-refractivity contribution in [3.63, 3.8) is 0 Å². The molecule has 0 aromatic heterocycles. The zero-order valence-electron chi connectivity index (χ0n) is 16.2. The molecule has 6 nitrogen and oxygen atoms in total. The van der Waals surface area contributed by atoms with Gasteiger partial charge in [0.25, 0.3) is 0 Å². The number of rotatable bonds is 5. The Kier molecular flexibility index (Phi) is 5.27. The summed E-state index contributed by atoms with van der Waals surface area (Å²) in [7, 11) is -2.20. The van der Waals surface area contributed by atoms with E-state index in [-0.39, 0.29) is 16.8 Å². The Morgan fingerprint density at radius 1 is 1.07 bits per heavy atom. The molecule has 0 saturated heterocycles. The Morgan fingerprint density at radius 3 is 2.47 bits per heavy atom. The maximum atomic E-state index is 13.9. The molecule has 1 aliphatic rings. The number of benzene rings is 3. The first kappa shape index (κ1) is 20.1. The standard InChI is InChI=1S/C22H20FN3O3S/c1-29-22-8-3-2-7-19(22)20-14-21(15-5-4-6-16(23)13-15)26(25-20)17-9-11-18(12-10-17)30(24,27)28/h2-13,21H,14H2,1H3,(H2,24,27,28). The van der Waals surface area contributed by atoms with E-state index >= 15 is 0 Å². The van der Waals surface area contributed by atoms with Crippen LogP contribution in [0, 0.1) is 5.82 Å². The second kappa shape index (κ2) is 7.89. The number of primary sulfonamides is 1. The summed E-state index contributed by atoms with van der Waals surface area (Å²) in [4.78, 5) is 0.0154. The van der Waals surface area contributed by atoms with Gasteiger partial charge in [0.15, 0.2) is 0 Å². The second-order valence-corrected chi connectivity index (χ2v) is 8.47. The normalized spacial score (nSPS) is 16.4. The number of methoxy groups -OCH3 is 1. The van der Waals surface area contributed by atoms with Crippen LogP contribution < -0.4 is 14.9 Å². The minimum Gasteiger partial charge on any atom is -0.496 e. The monoisotopic (exact) mass is 425 g/mol. The summed E-state index contributed by atoms with van der Waals surface area (Å²) in [6, 6.07) is 19.8. The first-order valence-corrected chi connectivity index (χ1v) is 10.8. The van der Waals surface area contributed by atoms with E-state index < -0.39 is 10.0 Å². The van der Waals surface area contributed by atoms with Crippen molar-refractivity contribution in [3.05, 3.63) is 89.7 Å². The summed E-state index contributed by atoms with van der Waals surface area (Å²) in [5, 5.41) is 11.8. The van der Waals surface area contributed by atoms with Gasteiger partial charge in [-0.25, -0.2) is 17.9 Å². The van der Waals surface area contributed by atoms with Crippen LogP contribution in [0.1, 0.15) is 23.6 Å². The number of halogens is 1. The lowest BCUT2D eigenvalue weighted by molar-refractivity contribution is 0.414. The molecule has 30 heavy (non-hydrogen) atoms. The number of nitrogens with two attached hydrogens (primary N) is 1. The summed E-state index contributed by atoms with van der Waals surface area (Å²) in [6.07, 6.45) is 0.529. The molecule has 0 fully saturated rings. The Hall–Kier alpha value is -3.23. The van der Waals surface area contributed by atoms with E-state index in [0.29, 0.717) is 17.9 Å². The predicted molar refractivity (Wildman–Crippen MR) is 114 cm³/mol. The Labute approximate surface area is 174 Å². The van der Waals surface area contributed by atoms with Crippen LogP contribution >= 0.6 is 0 Å². The lowest BCUT2D eigenvalue weighted by Crippen LogP contribution is -2.19. The molecule has 0 saturated carbocycles. The van der Waals surface area contributed by atoms with E-state index in [9.17, 15) is 12.8 Å². The summed E-state index contributed by atoms with van der Waals surface area (Å²) in [5.74, 6) is 0.364. The van der Waals surface area contributed by atoms with Crippen LogP contribution in [0.15, 0.2) is 82.8 Å². The molecule has 0 radical (unpaired) electrons. The fourth-order valence-electron chi connectivity index (χ4n) is 3.56. The maximum Gasteiger partial charge on any atom is 0.238 e. The third-order valence-electron chi connectivity index (χ3n) is 4.99. The van der Waals surface area contributed by atoms with E-state index in [1.807, 2.05) is 30.3 Å². The van der Waals surface area contributed by atoms with Crippen LogP contribution in [0.4, 0.5) is 10.1 Å². The minimum absolute atomic E-state index is 0.0154. The SMILES string of the molecule is COc1ccccc1C1=NN(c2ccc(S(N)(=O)=O)cc2)C(c2cccc(F)c2)C1. The van der Waals surface area contributed by atoms with Crippen molar-refractivity contribution in [1.82, 2.24) is 0 Å². The highest BCUT2D eigenvalue weighted by Gasteiger charge is 2.31. The molecular formula is C22H20FN3O3S. The number of hydrazone groups is 1. The van der Waals surface area contributed by atoms with Crippen molar-refractivity contribution in [2.75, 3.05) is 12.1 Å². The first-order chi connectivity index (χ1) is 14.4. The Balaban J connectivity index is 1.79. The molecule has 4 rings (SSSR count). The molecule has 154 valence electrons. The number of hydrogen-bond acceptors (Lipinski definition) is 5. The number of nitrogens with zero attached hydrogens (tertiary/aromatic N) is 2. The molecule has 1 atom stereocenters. The number of para-hydroxylation sites is 1. The highest BCUT2D eigenvalue weighted by atomic mass is 32.2. The largest absolute Gasteiger partial charge is 0.496 e. The molecule has 1 aliphatic heterocycles. The van der Waals surface area contributed by atoms with Crippen LogP contribution in [0.5, 0.6) is 5.75 Å². The van der Waals surface area contributed by atoms with Gasteiger partial charge in [0.2, 0.25) is 10.0 Å². The van der Waals surface area contributed by atoms with E-state index in [0.717, 1.165) is 16.8 Å². The lowest BCUT2D eigenvalue weighted by Gasteiger charge is -2.24. The van der Waals surface area contributed by atoms with Gasteiger partial charge in [0.05, 0.1) is 29.4 Å². The molecule has 3 aromatic carbocycles. The van der Waals surface area contributed by atoms with Gasteiger partial charge in [0, 0.05) is 12.0 Å². The van der Waals surface area contributed by atoms with E-state index in [4.69, 9.17) is 15.0 Å². The molecule has 8 heteroatoms. The molecule has 0 bridgehead atoms. The van der Waals surface area contributed by atoms with Crippen molar-refractivity contribution in [1.29, 1.82) is 0 Å². The topological polar surface area (TPSA) is 85.0 Å². The van der Waals surface area contributed by atoms with Gasteiger partial charge < -0.3 is 4.74 Å². The van der Waals surface area contributed by atoms with Gasteiger partial charge in [-0.3, -0.25) is 5.01 Å². The van der Waals surface area contributed by atoms with Gasteiger partial charge >= 0.3 is 0 Å². The molecule has 3 aromatic rings. The third kappa shape index (κ3) is 3.92. The van der Waals surface area contributed by atoms with Crippen molar-refractivity contribution >= 4 is 21.4 Å². The second-order valence-electron chi connectivity index (χ2n) is 6.91. The van der Waals surface area contributed by atoms with Gasteiger partial charge in [-0.05, 0) is 54.1 Å². The van der Waals surface area contributed by atoms with E-state index in [2.05, 4.69) is 0 Å². The third-order valence-corrected chi connectivity index (χ3v) is 5.92. The first-order valence-electron chi connectivity index (χ1n) is 9.25. The molecule has 0 aliphatic carbocycles. The van der Waals surface area contributed by atoms with Gasteiger partial charge in [-0.15, -0.1) is 0 Å². The molecule has 1 heterocycles. The summed E-state index contributed by atoms with van der Waals surface area (Å²) in [5.41, 5.74) is 3.07. The Bertz CT molecular complexity index is 1210.